The first-order chi connectivity index (χ1) is 9.73. The Morgan fingerprint density at radius 2 is 1.85 bits per heavy atom. The van der Waals surface area contributed by atoms with Crippen molar-refractivity contribution in [3.8, 4) is 0 Å². The zero-order valence-electron chi connectivity index (χ0n) is 12.5. The van der Waals surface area contributed by atoms with E-state index in [1.807, 2.05) is 12.4 Å². The first kappa shape index (κ1) is 14.0. The molecule has 20 heavy (non-hydrogen) atoms. The van der Waals surface area contributed by atoms with E-state index in [4.69, 9.17) is 0 Å². The molecule has 110 valence electrons. The predicted molar refractivity (Wildman–Crippen MR) is 81.5 cm³/mol. The van der Waals surface area contributed by atoms with Crippen LogP contribution >= 0.6 is 0 Å². The average Bonchev–Trinajstić information content (AvgIpc) is 2.89. The molecule has 2 aliphatic heterocycles. The van der Waals surface area contributed by atoms with Gasteiger partial charge < -0.3 is 10.2 Å². The summed E-state index contributed by atoms with van der Waals surface area (Å²) in [6, 6.07) is 4.25. The molecule has 1 N–H and O–H groups in total. The molecular formula is C16H26N4. The van der Waals surface area contributed by atoms with Crippen LogP contribution in [0.5, 0.6) is 0 Å². The Bertz CT molecular complexity index is 406. The second-order valence-electron chi connectivity index (χ2n) is 6.65. The van der Waals surface area contributed by atoms with Crippen LogP contribution in [0.4, 0.5) is 0 Å². The van der Waals surface area contributed by atoms with Gasteiger partial charge in [-0.05, 0) is 36.1 Å². The van der Waals surface area contributed by atoms with Crippen molar-refractivity contribution in [1.29, 1.82) is 0 Å². The van der Waals surface area contributed by atoms with Gasteiger partial charge in [0.25, 0.3) is 0 Å². The third-order valence-corrected chi connectivity index (χ3v) is 4.68. The maximum Gasteiger partial charge on any atom is 0.0271 e. The highest BCUT2D eigenvalue weighted by atomic mass is 15.3. The standard InChI is InChI=1S/C16H26N4/c1-16(4-7-18-13-16)14-20-10-8-19(9-11-20)12-15-2-5-17-6-3-15/h2-3,5-6,18H,4,7-14H2,1H3. The summed E-state index contributed by atoms with van der Waals surface area (Å²) in [4.78, 5) is 9.29. The number of pyridine rings is 1. The van der Waals surface area contributed by atoms with Crippen LogP contribution in [0, 0.1) is 5.41 Å². The minimum absolute atomic E-state index is 0.493. The topological polar surface area (TPSA) is 31.4 Å². The summed E-state index contributed by atoms with van der Waals surface area (Å²) in [6.45, 7) is 11.9. The Balaban J connectivity index is 1.45. The van der Waals surface area contributed by atoms with Gasteiger partial charge in [0.15, 0.2) is 0 Å². The Labute approximate surface area is 122 Å². The number of hydrogen-bond donors (Lipinski definition) is 1. The quantitative estimate of drug-likeness (QED) is 0.894. The lowest BCUT2D eigenvalue weighted by molar-refractivity contribution is 0.0933. The molecule has 3 rings (SSSR count). The molecular weight excluding hydrogens is 248 g/mol. The summed E-state index contributed by atoms with van der Waals surface area (Å²) < 4.78 is 0. The van der Waals surface area contributed by atoms with Gasteiger partial charge in [-0.15, -0.1) is 0 Å². The molecule has 2 aliphatic rings. The third-order valence-electron chi connectivity index (χ3n) is 4.68. The minimum atomic E-state index is 0.493. The van der Waals surface area contributed by atoms with Gasteiger partial charge in [0, 0.05) is 58.2 Å². The zero-order valence-corrected chi connectivity index (χ0v) is 12.5. The van der Waals surface area contributed by atoms with E-state index >= 15 is 0 Å². The SMILES string of the molecule is CC1(CN2CCN(Cc3ccncc3)CC2)CCNC1. The molecule has 0 radical (unpaired) electrons. The fourth-order valence-corrected chi connectivity index (χ4v) is 3.40. The number of nitrogens with one attached hydrogen (secondary N) is 1. The third kappa shape index (κ3) is 3.57. The molecule has 1 unspecified atom stereocenters. The highest BCUT2D eigenvalue weighted by Gasteiger charge is 2.31. The number of rotatable bonds is 4. The largest absolute Gasteiger partial charge is 0.316 e. The lowest BCUT2D eigenvalue weighted by atomic mass is 9.89. The molecule has 1 atom stereocenters. The Hall–Kier alpha value is -0.970. The number of hydrogen-bond acceptors (Lipinski definition) is 4. The summed E-state index contributed by atoms with van der Waals surface area (Å²) in [6.07, 6.45) is 5.10. The molecule has 0 saturated carbocycles. The lowest BCUT2D eigenvalue weighted by Crippen LogP contribution is -2.49. The summed E-state index contributed by atoms with van der Waals surface area (Å²) in [5.41, 5.74) is 1.87. The predicted octanol–water partition coefficient (Wildman–Crippen LogP) is 1.20. The van der Waals surface area contributed by atoms with Crippen LogP contribution in [-0.4, -0.2) is 60.6 Å². The molecule has 0 aromatic carbocycles. The van der Waals surface area contributed by atoms with Crippen LogP contribution in [0.2, 0.25) is 0 Å². The number of piperazine rings is 1. The maximum absolute atomic E-state index is 4.08. The fraction of sp³-hybridized carbons (Fsp3) is 0.688. The van der Waals surface area contributed by atoms with E-state index < -0.39 is 0 Å². The Morgan fingerprint density at radius 1 is 1.15 bits per heavy atom. The molecule has 0 bridgehead atoms. The highest BCUT2D eigenvalue weighted by molar-refractivity contribution is 5.09. The second-order valence-corrected chi connectivity index (χ2v) is 6.65. The summed E-state index contributed by atoms with van der Waals surface area (Å²) in [5, 5.41) is 3.50. The van der Waals surface area contributed by atoms with Gasteiger partial charge in [-0.1, -0.05) is 6.92 Å². The number of aromatic nitrogens is 1. The first-order valence-electron chi connectivity index (χ1n) is 7.78. The van der Waals surface area contributed by atoms with Crippen LogP contribution in [0.15, 0.2) is 24.5 Å². The molecule has 3 heterocycles. The monoisotopic (exact) mass is 274 g/mol. The second kappa shape index (κ2) is 6.20. The van der Waals surface area contributed by atoms with Crippen LogP contribution in [0.3, 0.4) is 0 Å². The van der Waals surface area contributed by atoms with Crippen LogP contribution in [0.1, 0.15) is 18.9 Å². The minimum Gasteiger partial charge on any atom is -0.316 e. The van der Waals surface area contributed by atoms with Gasteiger partial charge in [0.1, 0.15) is 0 Å². The maximum atomic E-state index is 4.08. The van der Waals surface area contributed by atoms with E-state index in [2.05, 4.69) is 39.2 Å². The van der Waals surface area contributed by atoms with Crippen LogP contribution < -0.4 is 5.32 Å². The van der Waals surface area contributed by atoms with Crippen molar-refractivity contribution in [3.05, 3.63) is 30.1 Å². The van der Waals surface area contributed by atoms with Crippen molar-refractivity contribution < 1.29 is 0 Å². The first-order valence-corrected chi connectivity index (χ1v) is 7.78. The van der Waals surface area contributed by atoms with E-state index in [0.29, 0.717) is 5.41 Å². The van der Waals surface area contributed by atoms with Crippen molar-refractivity contribution in [2.45, 2.75) is 19.9 Å². The van der Waals surface area contributed by atoms with Crippen molar-refractivity contribution in [2.24, 2.45) is 5.41 Å². The number of nitrogens with zero attached hydrogens (tertiary/aromatic N) is 3. The average molecular weight is 274 g/mol. The van der Waals surface area contributed by atoms with E-state index in [-0.39, 0.29) is 0 Å². The van der Waals surface area contributed by atoms with Gasteiger partial charge >= 0.3 is 0 Å². The van der Waals surface area contributed by atoms with Gasteiger partial charge in [0.2, 0.25) is 0 Å². The van der Waals surface area contributed by atoms with E-state index in [9.17, 15) is 0 Å². The van der Waals surface area contributed by atoms with Crippen molar-refractivity contribution >= 4 is 0 Å². The summed E-state index contributed by atoms with van der Waals surface area (Å²) >= 11 is 0. The molecule has 0 amide bonds. The van der Waals surface area contributed by atoms with E-state index in [1.54, 1.807) is 0 Å². The summed E-state index contributed by atoms with van der Waals surface area (Å²) in [7, 11) is 0. The molecule has 2 fully saturated rings. The van der Waals surface area contributed by atoms with Crippen molar-refractivity contribution in [3.63, 3.8) is 0 Å². The Kier molecular flexibility index (Phi) is 4.34. The van der Waals surface area contributed by atoms with Crippen LogP contribution in [-0.2, 0) is 6.54 Å². The molecule has 1 aromatic rings. The highest BCUT2D eigenvalue weighted by Crippen LogP contribution is 2.26. The van der Waals surface area contributed by atoms with Crippen molar-refractivity contribution in [1.82, 2.24) is 20.1 Å². The van der Waals surface area contributed by atoms with E-state index in [0.717, 1.165) is 6.54 Å². The van der Waals surface area contributed by atoms with Gasteiger partial charge in [-0.25, -0.2) is 0 Å². The van der Waals surface area contributed by atoms with Gasteiger partial charge in [-0.2, -0.15) is 0 Å². The molecule has 2 saturated heterocycles. The van der Waals surface area contributed by atoms with Crippen molar-refractivity contribution in [2.75, 3.05) is 45.8 Å². The molecule has 4 nitrogen and oxygen atoms in total. The van der Waals surface area contributed by atoms with E-state index in [1.165, 1.54) is 57.8 Å². The van der Waals surface area contributed by atoms with Gasteiger partial charge in [0.05, 0.1) is 0 Å². The Morgan fingerprint density at radius 3 is 2.50 bits per heavy atom. The lowest BCUT2D eigenvalue weighted by Gasteiger charge is -2.38. The molecule has 0 spiro atoms. The molecule has 1 aromatic heterocycles. The smallest absolute Gasteiger partial charge is 0.0271 e. The van der Waals surface area contributed by atoms with Gasteiger partial charge in [-0.3, -0.25) is 9.88 Å². The normalized spacial score (nSPS) is 28.9. The zero-order chi connectivity index (χ0) is 13.8. The summed E-state index contributed by atoms with van der Waals surface area (Å²) in [5.74, 6) is 0. The van der Waals surface area contributed by atoms with Crippen LogP contribution in [0.25, 0.3) is 0 Å². The molecule has 0 aliphatic carbocycles. The fourth-order valence-electron chi connectivity index (χ4n) is 3.40. The molecule has 4 heteroatoms.